The lowest BCUT2D eigenvalue weighted by Crippen LogP contribution is -2.41. The molecule has 0 N–H and O–H groups in total. The second-order valence-electron chi connectivity index (χ2n) is 8.02. The average Bonchev–Trinajstić information content (AvgIpc) is 2.83. The van der Waals surface area contributed by atoms with Gasteiger partial charge in [0.2, 0.25) is 0 Å². The molecule has 1 heterocycles. The molecule has 3 rings (SSSR count). The van der Waals surface area contributed by atoms with Crippen molar-refractivity contribution >= 4 is 16.8 Å². The SMILES string of the molecule is CCCCCCN(C(=O)COc1ccccc1)C(CC)c1nc2ccccc2c(=O)n1C. The van der Waals surface area contributed by atoms with Crippen LogP contribution in [-0.4, -0.2) is 33.5 Å². The Balaban J connectivity index is 1.90. The number of carbonyl (C=O) groups is 1. The number of hydrogen-bond acceptors (Lipinski definition) is 4. The summed E-state index contributed by atoms with van der Waals surface area (Å²) >= 11 is 0. The molecule has 0 aliphatic rings. The highest BCUT2D eigenvalue weighted by Gasteiger charge is 2.27. The van der Waals surface area contributed by atoms with E-state index in [4.69, 9.17) is 9.72 Å². The van der Waals surface area contributed by atoms with Crippen LogP contribution >= 0.6 is 0 Å². The predicted molar refractivity (Wildman–Crippen MR) is 128 cm³/mol. The largest absolute Gasteiger partial charge is 0.484 e. The summed E-state index contributed by atoms with van der Waals surface area (Å²) in [5.74, 6) is 1.18. The molecule has 6 heteroatoms. The van der Waals surface area contributed by atoms with E-state index >= 15 is 0 Å². The molecule has 0 aliphatic carbocycles. The summed E-state index contributed by atoms with van der Waals surface area (Å²) in [5.41, 5.74) is 0.561. The van der Waals surface area contributed by atoms with Gasteiger partial charge in [-0.15, -0.1) is 0 Å². The van der Waals surface area contributed by atoms with E-state index in [1.165, 1.54) is 0 Å². The number of benzene rings is 2. The van der Waals surface area contributed by atoms with Gasteiger partial charge in [-0.1, -0.05) is 63.4 Å². The van der Waals surface area contributed by atoms with Crippen LogP contribution in [0.1, 0.15) is 57.8 Å². The molecule has 32 heavy (non-hydrogen) atoms. The first kappa shape index (κ1) is 23.5. The zero-order valence-corrected chi connectivity index (χ0v) is 19.3. The van der Waals surface area contributed by atoms with E-state index in [1.54, 1.807) is 17.7 Å². The molecular formula is C26H33N3O3. The fraction of sp³-hybridized carbons (Fsp3) is 0.423. The highest BCUT2D eigenvalue weighted by atomic mass is 16.5. The van der Waals surface area contributed by atoms with Gasteiger partial charge in [-0.05, 0) is 37.1 Å². The van der Waals surface area contributed by atoms with Gasteiger partial charge in [-0.2, -0.15) is 0 Å². The van der Waals surface area contributed by atoms with E-state index in [0.29, 0.717) is 35.4 Å². The predicted octanol–water partition coefficient (Wildman–Crippen LogP) is 4.87. The number of aromatic nitrogens is 2. The number of amides is 1. The van der Waals surface area contributed by atoms with Crippen molar-refractivity contribution in [3.05, 3.63) is 70.8 Å². The van der Waals surface area contributed by atoms with Crippen molar-refractivity contribution in [2.45, 2.75) is 52.0 Å². The van der Waals surface area contributed by atoms with Crippen LogP contribution in [0.15, 0.2) is 59.4 Å². The number of hydrogen-bond donors (Lipinski definition) is 0. The Morgan fingerprint density at radius 1 is 1.03 bits per heavy atom. The Morgan fingerprint density at radius 3 is 2.47 bits per heavy atom. The summed E-state index contributed by atoms with van der Waals surface area (Å²) in [6, 6.07) is 16.4. The smallest absolute Gasteiger partial charge is 0.261 e. The van der Waals surface area contributed by atoms with Crippen LogP contribution in [0.2, 0.25) is 0 Å². The Labute approximate surface area is 189 Å². The lowest BCUT2D eigenvalue weighted by atomic mass is 10.1. The van der Waals surface area contributed by atoms with Crippen molar-refractivity contribution in [2.75, 3.05) is 13.2 Å². The summed E-state index contributed by atoms with van der Waals surface area (Å²) in [7, 11) is 1.74. The normalized spacial score (nSPS) is 12.0. The van der Waals surface area contributed by atoms with Crippen LogP contribution in [0.4, 0.5) is 0 Å². The maximum atomic E-state index is 13.3. The van der Waals surface area contributed by atoms with Crippen molar-refractivity contribution in [1.82, 2.24) is 14.5 Å². The monoisotopic (exact) mass is 435 g/mol. The summed E-state index contributed by atoms with van der Waals surface area (Å²) in [6.45, 7) is 4.75. The molecule has 0 fully saturated rings. The summed E-state index contributed by atoms with van der Waals surface area (Å²) in [5, 5.41) is 0.585. The maximum Gasteiger partial charge on any atom is 0.261 e. The first-order valence-corrected chi connectivity index (χ1v) is 11.5. The standard InChI is InChI=1S/C26H33N3O3/c1-4-6-7-13-18-29(24(30)19-32-20-14-9-8-10-15-20)23(5-2)25-27-22-17-12-11-16-21(22)26(31)28(25)3/h8-12,14-17,23H,4-7,13,18-19H2,1-3H3. The topological polar surface area (TPSA) is 64.4 Å². The molecule has 0 radical (unpaired) electrons. The first-order valence-electron chi connectivity index (χ1n) is 11.5. The van der Waals surface area contributed by atoms with Crippen molar-refractivity contribution < 1.29 is 9.53 Å². The third-order valence-electron chi connectivity index (χ3n) is 5.76. The third kappa shape index (κ3) is 5.55. The van der Waals surface area contributed by atoms with Crippen LogP contribution < -0.4 is 10.3 Å². The van der Waals surface area contributed by atoms with Gasteiger partial charge in [0, 0.05) is 13.6 Å². The first-order chi connectivity index (χ1) is 15.6. The van der Waals surface area contributed by atoms with Gasteiger partial charge in [0.05, 0.1) is 16.9 Å². The number of ether oxygens (including phenoxy) is 1. The summed E-state index contributed by atoms with van der Waals surface area (Å²) in [6.07, 6.45) is 4.88. The molecule has 0 spiro atoms. The minimum absolute atomic E-state index is 0.0458. The maximum absolute atomic E-state index is 13.3. The van der Waals surface area contributed by atoms with Gasteiger partial charge in [0.1, 0.15) is 11.6 Å². The number of nitrogens with zero attached hydrogens (tertiary/aromatic N) is 3. The molecule has 0 saturated heterocycles. The highest BCUT2D eigenvalue weighted by Crippen LogP contribution is 2.24. The van der Waals surface area contributed by atoms with Gasteiger partial charge in [0.25, 0.3) is 11.5 Å². The number of fused-ring (bicyclic) bond motifs is 1. The lowest BCUT2D eigenvalue weighted by Gasteiger charge is -2.32. The van der Waals surface area contributed by atoms with Crippen molar-refractivity contribution in [3.8, 4) is 5.75 Å². The van der Waals surface area contributed by atoms with Gasteiger partial charge >= 0.3 is 0 Å². The molecule has 0 bridgehead atoms. The van der Waals surface area contributed by atoms with Crippen molar-refractivity contribution in [1.29, 1.82) is 0 Å². The molecule has 6 nitrogen and oxygen atoms in total. The molecule has 3 aromatic rings. The van der Waals surface area contributed by atoms with Gasteiger partial charge < -0.3 is 9.64 Å². The molecule has 1 atom stereocenters. The minimum atomic E-state index is -0.300. The quantitative estimate of drug-likeness (QED) is 0.403. The van der Waals surface area contributed by atoms with Crippen molar-refractivity contribution in [2.24, 2.45) is 7.05 Å². The molecule has 2 aromatic carbocycles. The van der Waals surface area contributed by atoms with E-state index in [1.807, 2.05) is 60.4 Å². The van der Waals surface area contributed by atoms with E-state index in [0.717, 1.165) is 25.7 Å². The van der Waals surface area contributed by atoms with E-state index in [2.05, 4.69) is 6.92 Å². The molecular weight excluding hydrogens is 402 g/mol. The van der Waals surface area contributed by atoms with Gasteiger partial charge in [-0.3, -0.25) is 14.2 Å². The third-order valence-corrected chi connectivity index (χ3v) is 5.76. The average molecular weight is 436 g/mol. The van der Waals surface area contributed by atoms with Gasteiger partial charge in [0.15, 0.2) is 6.61 Å². The zero-order valence-electron chi connectivity index (χ0n) is 19.3. The van der Waals surface area contributed by atoms with E-state index < -0.39 is 0 Å². The summed E-state index contributed by atoms with van der Waals surface area (Å²) < 4.78 is 7.34. The Morgan fingerprint density at radius 2 is 1.75 bits per heavy atom. The van der Waals surface area contributed by atoms with Crippen LogP contribution in [-0.2, 0) is 11.8 Å². The number of unbranched alkanes of at least 4 members (excludes halogenated alkanes) is 3. The molecule has 0 aliphatic heterocycles. The second kappa shape index (κ2) is 11.5. The van der Waals surface area contributed by atoms with Crippen LogP contribution in [0, 0.1) is 0 Å². The fourth-order valence-corrected chi connectivity index (χ4v) is 3.98. The van der Waals surface area contributed by atoms with E-state index in [-0.39, 0.29) is 24.1 Å². The minimum Gasteiger partial charge on any atom is -0.484 e. The molecule has 1 unspecified atom stereocenters. The van der Waals surface area contributed by atoms with Crippen LogP contribution in [0.3, 0.4) is 0 Å². The molecule has 1 aromatic heterocycles. The summed E-state index contributed by atoms with van der Waals surface area (Å²) in [4.78, 5) is 32.9. The van der Waals surface area contributed by atoms with Crippen molar-refractivity contribution in [3.63, 3.8) is 0 Å². The number of carbonyl (C=O) groups excluding carboxylic acids is 1. The Kier molecular flexibility index (Phi) is 8.42. The van der Waals surface area contributed by atoms with Crippen LogP contribution in [0.25, 0.3) is 10.9 Å². The number of para-hydroxylation sites is 2. The molecule has 1 amide bonds. The highest BCUT2D eigenvalue weighted by molar-refractivity contribution is 5.79. The Hall–Kier alpha value is -3.15. The fourth-order valence-electron chi connectivity index (χ4n) is 3.98. The van der Waals surface area contributed by atoms with E-state index in [9.17, 15) is 9.59 Å². The van der Waals surface area contributed by atoms with Gasteiger partial charge in [-0.25, -0.2) is 4.98 Å². The number of rotatable bonds is 11. The van der Waals surface area contributed by atoms with Crippen LogP contribution in [0.5, 0.6) is 5.75 Å². The molecule has 0 saturated carbocycles. The Bertz CT molecular complexity index is 1080. The lowest BCUT2D eigenvalue weighted by molar-refractivity contribution is -0.136. The molecule has 170 valence electrons. The second-order valence-corrected chi connectivity index (χ2v) is 8.02. The zero-order chi connectivity index (χ0) is 22.9.